The van der Waals surface area contributed by atoms with Crippen LogP contribution >= 0.6 is 0 Å². The minimum atomic E-state index is -1.22. The van der Waals surface area contributed by atoms with Crippen LogP contribution in [0.5, 0.6) is 11.5 Å². The maximum atomic E-state index is 12.9. The van der Waals surface area contributed by atoms with Crippen molar-refractivity contribution >= 4 is 35.2 Å². The number of carboxylic acids is 2. The molecule has 2 amide bonds. The number of ether oxygens (including phenoxy) is 2. The Morgan fingerprint density at radius 1 is 0.903 bits per heavy atom. The summed E-state index contributed by atoms with van der Waals surface area (Å²) in [6, 6.07) is 10.8. The number of anilines is 2. The molecule has 1 heterocycles. The van der Waals surface area contributed by atoms with Gasteiger partial charge in [-0.2, -0.15) is 0 Å². The minimum absolute atomic E-state index is 0.0122. The van der Waals surface area contributed by atoms with Gasteiger partial charge >= 0.3 is 18.0 Å². The lowest BCUT2D eigenvalue weighted by Gasteiger charge is -2.20. The third kappa shape index (κ3) is 5.01. The fourth-order valence-electron chi connectivity index (χ4n) is 3.01. The van der Waals surface area contributed by atoms with E-state index in [-0.39, 0.29) is 23.4 Å². The zero-order chi connectivity index (χ0) is 22.5. The summed E-state index contributed by atoms with van der Waals surface area (Å²) in [7, 11) is 0. The van der Waals surface area contributed by atoms with Gasteiger partial charge < -0.3 is 25.4 Å². The molecule has 31 heavy (non-hydrogen) atoms. The first kappa shape index (κ1) is 21.4. The molecule has 1 fully saturated rings. The van der Waals surface area contributed by atoms with Crippen LogP contribution in [0.2, 0.25) is 0 Å². The molecule has 0 saturated carbocycles. The topological polar surface area (TPSA) is 166 Å². The van der Waals surface area contributed by atoms with Crippen molar-refractivity contribution in [1.29, 1.82) is 5.41 Å². The summed E-state index contributed by atoms with van der Waals surface area (Å²) < 4.78 is 10.3. The average molecular weight is 428 g/mol. The van der Waals surface area contributed by atoms with Gasteiger partial charge in [0.2, 0.25) is 0 Å². The van der Waals surface area contributed by atoms with E-state index < -0.39 is 25.2 Å². The fraction of sp³-hybridized carbons (Fsp3) is 0.200. The van der Waals surface area contributed by atoms with Crippen LogP contribution < -0.4 is 25.0 Å². The van der Waals surface area contributed by atoms with Gasteiger partial charge in [-0.15, -0.1) is 0 Å². The molecular weight excluding hydrogens is 408 g/mol. The van der Waals surface area contributed by atoms with Crippen LogP contribution in [-0.4, -0.2) is 60.3 Å². The van der Waals surface area contributed by atoms with Gasteiger partial charge in [-0.1, -0.05) is 0 Å². The molecule has 0 aliphatic carbocycles. The van der Waals surface area contributed by atoms with E-state index in [1.54, 1.807) is 35.2 Å². The maximum Gasteiger partial charge on any atom is 0.341 e. The van der Waals surface area contributed by atoms with E-state index in [9.17, 15) is 14.4 Å². The van der Waals surface area contributed by atoms with Crippen molar-refractivity contribution in [1.82, 2.24) is 0 Å². The summed E-state index contributed by atoms with van der Waals surface area (Å²) in [5, 5.41) is 25.1. The molecule has 3 rings (SSSR count). The van der Waals surface area contributed by atoms with Gasteiger partial charge in [-0.3, -0.25) is 15.2 Å². The summed E-state index contributed by atoms with van der Waals surface area (Å²) in [4.78, 5) is 37.6. The van der Waals surface area contributed by atoms with E-state index in [4.69, 9.17) is 30.8 Å². The standard InChI is InChI=1S/C20H20N4O7/c21-19(22)12-1-3-13(4-2-12)23-7-8-24(20(23)29)14-5-6-15(30-10-17(25)26)16(9-14)31-11-18(27)28/h1-6,9H,7-8,10-11H2,(H3,21,22)(H,25,26)(H,27,28). The Morgan fingerprint density at radius 3 is 1.97 bits per heavy atom. The van der Waals surface area contributed by atoms with Crippen molar-refractivity contribution in [3.05, 3.63) is 48.0 Å². The van der Waals surface area contributed by atoms with E-state index in [0.717, 1.165) is 0 Å². The van der Waals surface area contributed by atoms with Gasteiger partial charge in [0.25, 0.3) is 0 Å². The van der Waals surface area contributed by atoms with Gasteiger partial charge in [-0.25, -0.2) is 14.4 Å². The van der Waals surface area contributed by atoms with Gasteiger partial charge in [0, 0.05) is 36.1 Å². The Kier molecular flexibility index (Phi) is 6.24. The minimum Gasteiger partial charge on any atom is -0.479 e. The second kappa shape index (κ2) is 9.03. The number of carbonyl (C=O) groups excluding carboxylic acids is 1. The number of carboxylic acid groups (broad SMARTS) is 2. The molecule has 5 N–H and O–H groups in total. The monoisotopic (exact) mass is 428 g/mol. The van der Waals surface area contributed by atoms with E-state index in [1.165, 1.54) is 17.0 Å². The number of amides is 2. The van der Waals surface area contributed by atoms with Crippen molar-refractivity contribution in [3.63, 3.8) is 0 Å². The van der Waals surface area contributed by atoms with Crippen LogP contribution in [0.4, 0.5) is 16.2 Å². The highest BCUT2D eigenvalue weighted by Crippen LogP contribution is 2.34. The normalized spacial score (nSPS) is 13.2. The van der Waals surface area contributed by atoms with Crippen molar-refractivity contribution in [3.8, 4) is 11.5 Å². The number of amidine groups is 1. The predicted octanol–water partition coefficient (Wildman–Crippen LogP) is 1.34. The molecule has 0 unspecified atom stereocenters. The molecule has 0 radical (unpaired) electrons. The van der Waals surface area contributed by atoms with Crippen LogP contribution in [0.15, 0.2) is 42.5 Å². The van der Waals surface area contributed by atoms with Crippen molar-refractivity contribution in [2.24, 2.45) is 5.73 Å². The van der Waals surface area contributed by atoms with Gasteiger partial charge in [-0.05, 0) is 36.4 Å². The van der Waals surface area contributed by atoms with E-state index in [2.05, 4.69) is 0 Å². The number of rotatable bonds is 9. The Bertz CT molecular complexity index is 1020. The first-order valence-corrected chi connectivity index (χ1v) is 9.13. The zero-order valence-electron chi connectivity index (χ0n) is 16.3. The molecule has 0 atom stereocenters. The molecule has 1 aliphatic rings. The van der Waals surface area contributed by atoms with Gasteiger partial charge in [0.1, 0.15) is 5.84 Å². The van der Waals surface area contributed by atoms with Crippen molar-refractivity contribution in [2.75, 3.05) is 36.1 Å². The van der Waals surface area contributed by atoms with Crippen LogP contribution in [-0.2, 0) is 9.59 Å². The number of benzene rings is 2. The van der Waals surface area contributed by atoms with Gasteiger partial charge in [0.05, 0.1) is 0 Å². The SMILES string of the molecule is N=C(N)c1ccc(N2CCN(c3ccc(OCC(=O)O)c(OCC(=O)O)c3)C2=O)cc1. The summed E-state index contributed by atoms with van der Waals surface area (Å²) in [5.41, 5.74) is 7.08. The number of nitrogens with zero attached hydrogens (tertiary/aromatic N) is 2. The van der Waals surface area contributed by atoms with Crippen LogP contribution in [0.3, 0.4) is 0 Å². The first-order valence-electron chi connectivity index (χ1n) is 9.13. The van der Waals surface area contributed by atoms with Crippen molar-refractivity contribution in [2.45, 2.75) is 0 Å². The molecule has 162 valence electrons. The highest BCUT2D eigenvalue weighted by atomic mass is 16.5. The smallest absolute Gasteiger partial charge is 0.341 e. The quantitative estimate of drug-likeness (QED) is 0.343. The highest BCUT2D eigenvalue weighted by Gasteiger charge is 2.31. The van der Waals surface area contributed by atoms with Gasteiger partial charge in [0.15, 0.2) is 24.7 Å². The van der Waals surface area contributed by atoms with Crippen LogP contribution in [0.1, 0.15) is 5.56 Å². The van der Waals surface area contributed by atoms with Crippen LogP contribution in [0.25, 0.3) is 0 Å². The lowest BCUT2D eigenvalue weighted by atomic mass is 10.2. The Balaban J connectivity index is 1.81. The second-order valence-electron chi connectivity index (χ2n) is 6.54. The number of nitrogens with one attached hydrogen (secondary N) is 1. The molecule has 0 bridgehead atoms. The number of nitrogens with two attached hydrogens (primary N) is 1. The Hall–Kier alpha value is -4.28. The number of hydrogen-bond acceptors (Lipinski definition) is 6. The van der Waals surface area contributed by atoms with Crippen molar-refractivity contribution < 1.29 is 34.1 Å². The molecule has 0 spiro atoms. The molecular formula is C20H20N4O7. The molecule has 0 aromatic heterocycles. The summed E-state index contributed by atoms with van der Waals surface area (Å²) >= 11 is 0. The molecule has 1 saturated heterocycles. The molecule has 11 heteroatoms. The molecule has 2 aromatic rings. The lowest BCUT2D eigenvalue weighted by molar-refractivity contribution is -0.140. The Labute approximate surface area is 176 Å². The summed E-state index contributed by atoms with van der Waals surface area (Å²) in [6.45, 7) is -0.521. The molecule has 11 nitrogen and oxygen atoms in total. The second-order valence-corrected chi connectivity index (χ2v) is 6.54. The molecule has 2 aromatic carbocycles. The average Bonchev–Trinajstić information content (AvgIpc) is 3.12. The van der Waals surface area contributed by atoms with E-state index >= 15 is 0 Å². The third-order valence-corrected chi connectivity index (χ3v) is 4.44. The maximum absolute atomic E-state index is 12.9. The number of carbonyl (C=O) groups is 3. The highest BCUT2D eigenvalue weighted by molar-refractivity contribution is 6.06. The number of urea groups is 1. The zero-order valence-corrected chi connectivity index (χ0v) is 16.3. The largest absolute Gasteiger partial charge is 0.479 e. The molecule has 1 aliphatic heterocycles. The van der Waals surface area contributed by atoms with E-state index in [1.807, 2.05) is 0 Å². The summed E-state index contributed by atoms with van der Waals surface area (Å²) in [6.07, 6.45) is 0. The third-order valence-electron chi connectivity index (χ3n) is 4.44. The first-order chi connectivity index (χ1) is 14.8. The predicted molar refractivity (Wildman–Crippen MR) is 110 cm³/mol. The van der Waals surface area contributed by atoms with E-state index in [0.29, 0.717) is 30.0 Å². The lowest BCUT2D eigenvalue weighted by Crippen LogP contribution is -2.31. The number of nitrogen functional groups attached to an aromatic ring is 1. The summed E-state index contributed by atoms with van der Waals surface area (Å²) in [5.74, 6) is -2.42. The van der Waals surface area contributed by atoms with Crippen LogP contribution in [0, 0.1) is 5.41 Å². The Morgan fingerprint density at radius 2 is 1.42 bits per heavy atom. The number of aliphatic carboxylic acids is 2. The fourth-order valence-corrected chi connectivity index (χ4v) is 3.01. The number of hydrogen-bond donors (Lipinski definition) is 4.